The Kier molecular flexibility index (Phi) is 4.11. The van der Waals surface area contributed by atoms with Gasteiger partial charge in [-0.15, -0.1) is 11.3 Å². The summed E-state index contributed by atoms with van der Waals surface area (Å²) in [5.41, 5.74) is 0.955. The number of fused-ring (bicyclic) bond motifs is 1. The third kappa shape index (κ3) is 2.63. The van der Waals surface area contributed by atoms with Gasteiger partial charge in [-0.25, -0.2) is 4.98 Å². The number of aromatic nitrogens is 1. The van der Waals surface area contributed by atoms with Gasteiger partial charge in [0.2, 0.25) is 5.91 Å². The summed E-state index contributed by atoms with van der Waals surface area (Å²) in [4.78, 5) is 32.6. The largest absolute Gasteiger partial charge is 0.338 e. The highest BCUT2D eigenvalue weighted by Crippen LogP contribution is 2.53. The van der Waals surface area contributed by atoms with Gasteiger partial charge in [0, 0.05) is 18.9 Å². The number of ketones is 1. The lowest BCUT2D eigenvalue weighted by Crippen LogP contribution is -2.55. The van der Waals surface area contributed by atoms with Crippen LogP contribution in [0.4, 0.5) is 0 Å². The minimum atomic E-state index is -0.224. The van der Waals surface area contributed by atoms with E-state index in [-0.39, 0.29) is 35.0 Å². The van der Waals surface area contributed by atoms with Crippen molar-refractivity contribution in [2.24, 2.45) is 17.3 Å². The van der Waals surface area contributed by atoms with Crippen molar-refractivity contribution in [3.8, 4) is 0 Å². The maximum Gasteiger partial charge on any atom is 0.226 e. The molecule has 2 aliphatic carbocycles. The third-order valence-corrected chi connectivity index (χ3v) is 7.01. The summed E-state index contributed by atoms with van der Waals surface area (Å²) in [7, 11) is 1.92. The van der Waals surface area contributed by atoms with Crippen molar-refractivity contribution in [2.45, 2.75) is 59.4 Å². The molecular weight excluding hydrogens is 308 g/mol. The Balaban J connectivity index is 1.78. The molecule has 0 bridgehead atoms. The summed E-state index contributed by atoms with van der Waals surface area (Å²) in [6, 6.07) is 0.157. The number of amides is 1. The Morgan fingerprint density at radius 1 is 1.30 bits per heavy atom. The van der Waals surface area contributed by atoms with E-state index >= 15 is 0 Å². The van der Waals surface area contributed by atoms with E-state index in [1.165, 1.54) is 10.6 Å². The van der Waals surface area contributed by atoms with Crippen LogP contribution in [0.3, 0.4) is 0 Å². The average molecular weight is 334 g/mol. The minimum absolute atomic E-state index is 0.0254. The highest BCUT2D eigenvalue weighted by molar-refractivity contribution is 7.11. The molecule has 1 fully saturated rings. The first-order valence-electron chi connectivity index (χ1n) is 8.46. The Labute approximate surface area is 142 Å². The Morgan fingerprint density at radius 3 is 2.61 bits per heavy atom. The lowest BCUT2D eigenvalue weighted by molar-refractivity contribution is -0.157. The van der Waals surface area contributed by atoms with Crippen LogP contribution < -0.4 is 0 Å². The van der Waals surface area contributed by atoms with Crippen molar-refractivity contribution >= 4 is 23.0 Å². The number of thiazole rings is 1. The number of rotatable bonds is 3. The van der Waals surface area contributed by atoms with Gasteiger partial charge < -0.3 is 4.90 Å². The van der Waals surface area contributed by atoms with E-state index in [0.717, 1.165) is 24.3 Å². The second kappa shape index (κ2) is 5.69. The monoisotopic (exact) mass is 334 g/mol. The van der Waals surface area contributed by atoms with Crippen molar-refractivity contribution in [2.75, 3.05) is 7.05 Å². The molecule has 0 unspecified atom stereocenters. The fraction of sp³-hybridized carbons (Fsp3) is 0.722. The molecule has 1 aromatic heterocycles. The van der Waals surface area contributed by atoms with Crippen LogP contribution in [0.25, 0.3) is 0 Å². The van der Waals surface area contributed by atoms with Crippen LogP contribution in [0.2, 0.25) is 0 Å². The zero-order valence-electron chi connectivity index (χ0n) is 14.7. The van der Waals surface area contributed by atoms with Gasteiger partial charge in [0.15, 0.2) is 0 Å². The number of nitrogens with zero attached hydrogens (tertiary/aromatic N) is 2. The van der Waals surface area contributed by atoms with E-state index in [2.05, 4.69) is 18.8 Å². The van der Waals surface area contributed by atoms with Crippen molar-refractivity contribution in [3.05, 3.63) is 15.6 Å². The van der Waals surface area contributed by atoms with Gasteiger partial charge in [0.1, 0.15) is 5.78 Å². The number of aryl methyl sites for hydroxylation is 2. The van der Waals surface area contributed by atoms with Crippen molar-refractivity contribution in [3.63, 3.8) is 0 Å². The van der Waals surface area contributed by atoms with Crippen molar-refractivity contribution in [1.82, 2.24) is 9.88 Å². The quantitative estimate of drug-likeness (QED) is 0.849. The lowest BCUT2D eigenvalue weighted by Gasteiger charge is -2.51. The van der Waals surface area contributed by atoms with Crippen LogP contribution in [0, 0.1) is 24.2 Å². The number of carbonyl (C=O) groups is 2. The molecule has 5 heteroatoms. The first-order valence-corrected chi connectivity index (χ1v) is 9.28. The molecule has 1 saturated carbocycles. The minimum Gasteiger partial charge on any atom is -0.338 e. The highest BCUT2D eigenvalue weighted by atomic mass is 32.1. The summed E-state index contributed by atoms with van der Waals surface area (Å²) < 4.78 is 0. The molecule has 126 valence electrons. The normalized spacial score (nSPS) is 28.7. The van der Waals surface area contributed by atoms with Crippen LogP contribution in [-0.2, 0) is 16.0 Å². The van der Waals surface area contributed by atoms with Gasteiger partial charge in [0.25, 0.3) is 0 Å². The molecule has 3 atom stereocenters. The maximum atomic E-state index is 13.0. The van der Waals surface area contributed by atoms with Gasteiger partial charge >= 0.3 is 0 Å². The lowest BCUT2D eigenvalue weighted by atomic mass is 9.53. The molecular formula is C18H26N2O2S. The fourth-order valence-corrected chi connectivity index (χ4v) is 5.47. The molecule has 1 aromatic rings. The predicted molar refractivity (Wildman–Crippen MR) is 91.4 cm³/mol. The topological polar surface area (TPSA) is 50.3 Å². The van der Waals surface area contributed by atoms with E-state index in [1.54, 1.807) is 18.3 Å². The molecule has 0 aromatic carbocycles. The van der Waals surface area contributed by atoms with Crippen molar-refractivity contribution in [1.29, 1.82) is 0 Å². The molecule has 0 saturated heterocycles. The molecule has 0 N–H and O–H groups in total. The number of Topliss-reactive ketones (excluding diaryl/α,β-unsaturated/α-hetero) is 1. The number of hydrogen-bond acceptors (Lipinski definition) is 4. The summed E-state index contributed by atoms with van der Waals surface area (Å²) in [5.74, 6) is 0.384. The molecule has 2 aliphatic rings. The van der Waals surface area contributed by atoms with E-state index in [1.807, 2.05) is 18.9 Å². The SMILES string of the molecule is CC(=O)[C@@H]1C[C@H](C(=O)N(C)[C@H]2CCCc3nc(C)sc32)C1(C)C. The zero-order valence-corrected chi connectivity index (χ0v) is 15.5. The first-order chi connectivity index (χ1) is 10.7. The standard InChI is InChI=1S/C18H26N2O2S/c1-10(21)12-9-13(18(12,3)4)17(22)20(5)15-8-6-7-14-16(15)23-11(2)19-14/h12-13,15H,6-9H2,1-5H3/t12-,13+,15-/m0/s1. The van der Waals surface area contributed by atoms with Crippen LogP contribution >= 0.6 is 11.3 Å². The fourth-order valence-electron chi connectivity index (χ4n) is 4.32. The Hall–Kier alpha value is -1.23. The van der Waals surface area contributed by atoms with Gasteiger partial charge in [-0.2, -0.15) is 0 Å². The second-order valence-electron chi connectivity index (χ2n) is 7.67. The maximum absolute atomic E-state index is 13.0. The first kappa shape index (κ1) is 16.6. The van der Waals surface area contributed by atoms with E-state index < -0.39 is 0 Å². The third-order valence-electron chi connectivity index (χ3n) is 5.90. The van der Waals surface area contributed by atoms with E-state index in [9.17, 15) is 9.59 Å². The Bertz CT molecular complexity index is 649. The number of carbonyl (C=O) groups excluding carboxylic acids is 2. The summed E-state index contributed by atoms with van der Waals surface area (Å²) in [6.07, 6.45) is 3.83. The predicted octanol–water partition coefficient (Wildman–Crippen LogP) is 3.54. The summed E-state index contributed by atoms with van der Waals surface area (Å²) in [6.45, 7) is 7.79. The van der Waals surface area contributed by atoms with E-state index in [0.29, 0.717) is 6.42 Å². The molecule has 3 rings (SSSR count). The molecule has 0 radical (unpaired) electrons. The van der Waals surface area contributed by atoms with Crippen LogP contribution in [-0.4, -0.2) is 28.6 Å². The number of hydrogen-bond donors (Lipinski definition) is 0. The van der Waals surface area contributed by atoms with Gasteiger partial charge in [-0.3, -0.25) is 9.59 Å². The zero-order chi connectivity index (χ0) is 16.9. The van der Waals surface area contributed by atoms with Gasteiger partial charge in [-0.1, -0.05) is 13.8 Å². The molecule has 1 amide bonds. The van der Waals surface area contributed by atoms with Gasteiger partial charge in [-0.05, 0) is 44.9 Å². The average Bonchev–Trinajstić information content (AvgIpc) is 2.84. The summed E-state index contributed by atoms with van der Waals surface area (Å²) >= 11 is 1.73. The summed E-state index contributed by atoms with van der Waals surface area (Å²) in [5, 5.41) is 1.09. The highest BCUT2D eigenvalue weighted by Gasteiger charge is 2.54. The Morgan fingerprint density at radius 2 is 2.00 bits per heavy atom. The molecule has 0 spiro atoms. The van der Waals surface area contributed by atoms with E-state index in [4.69, 9.17) is 0 Å². The van der Waals surface area contributed by atoms with Crippen LogP contribution in [0.5, 0.6) is 0 Å². The van der Waals surface area contributed by atoms with Crippen LogP contribution in [0.1, 0.15) is 61.7 Å². The molecule has 1 heterocycles. The molecule has 4 nitrogen and oxygen atoms in total. The molecule has 0 aliphatic heterocycles. The van der Waals surface area contributed by atoms with Crippen LogP contribution in [0.15, 0.2) is 0 Å². The molecule has 23 heavy (non-hydrogen) atoms. The van der Waals surface area contributed by atoms with Gasteiger partial charge in [0.05, 0.1) is 21.6 Å². The van der Waals surface area contributed by atoms with Crippen molar-refractivity contribution < 1.29 is 9.59 Å². The second-order valence-corrected chi connectivity index (χ2v) is 8.91. The smallest absolute Gasteiger partial charge is 0.226 e.